The maximum atomic E-state index is 11.0. The topological polar surface area (TPSA) is 44.0 Å². The van der Waals surface area contributed by atoms with Crippen LogP contribution in [0, 0.1) is 57.2 Å². The first kappa shape index (κ1) is 24.3. The third-order valence-electron chi connectivity index (χ3n) is 11.4. The van der Waals surface area contributed by atoms with Gasteiger partial charge in [-0.3, -0.25) is 0 Å². The summed E-state index contributed by atoms with van der Waals surface area (Å²) in [5.74, 6) is 4.19. The first-order chi connectivity index (χ1) is 15.0. The Morgan fingerprint density at radius 1 is 1.16 bits per heavy atom. The number of allylic oxidation sites excluding steroid dienone is 1. The number of hydrogen-bond donors (Lipinski definition) is 1. The highest BCUT2D eigenvalue weighted by molar-refractivity contribution is 5.27. The fraction of sp³-hybridized carbons (Fsp3) is 0.900. The number of nitriles is 1. The van der Waals surface area contributed by atoms with E-state index >= 15 is 0 Å². The molecule has 3 saturated carbocycles. The van der Waals surface area contributed by atoms with Gasteiger partial charge in [0.2, 0.25) is 0 Å². The van der Waals surface area contributed by atoms with Gasteiger partial charge in [0, 0.05) is 0 Å². The largest absolute Gasteiger partial charge is 0.390 e. The zero-order valence-corrected chi connectivity index (χ0v) is 21.8. The maximum absolute atomic E-state index is 11.0. The SMILES string of the molecule is CC[C@]1(O)CC[C@@]2(C)C(=CC[C@H]3[C@@H]4CC[C@H]([C@H](C)CCCC(C)(C)C#N)[C@@]4(C)CC[C@@H]32)C1. The van der Waals surface area contributed by atoms with Crippen LogP contribution in [0.1, 0.15) is 119 Å². The number of nitrogens with zero attached hydrogens (tertiary/aromatic N) is 1. The molecule has 1 N–H and O–H groups in total. The summed E-state index contributed by atoms with van der Waals surface area (Å²) >= 11 is 0. The van der Waals surface area contributed by atoms with E-state index < -0.39 is 5.60 Å². The average molecular weight is 440 g/mol. The summed E-state index contributed by atoms with van der Waals surface area (Å²) in [6.07, 6.45) is 17.0. The molecule has 0 aromatic heterocycles. The molecule has 4 aliphatic carbocycles. The lowest BCUT2D eigenvalue weighted by molar-refractivity contribution is -0.0755. The van der Waals surface area contributed by atoms with Crippen molar-refractivity contribution in [1.29, 1.82) is 5.26 Å². The molecule has 0 unspecified atom stereocenters. The standard InChI is InChI=1S/C30H49NO/c1-7-30(32)18-17-28(5)22(19-30)10-11-23-25-13-12-24(29(25,6)16-14-26(23)28)21(2)9-8-15-27(3,4)20-31/h10,21,23-26,32H,7-9,11-19H2,1-6H3/t21-,23+,24-,25+,26+,28+,29-,30+/m1/s1. The Kier molecular flexibility index (Phi) is 6.42. The zero-order valence-electron chi connectivity index (χ0n) is 21.8. The lowest BCUT2D eigenvalue weighted by atomic mass is 9.46. The van der Waals surface area contributed by atoms with Crippen LogP contribution in [0.3, 0.4) is 0 Å². The molecule has 0 saturated heterocycles. The van der Waals surface area contributed by atoms with Gasteiger partial charge in [-0.2, -0.15) is 5.26 Å². The quantitative estimate of drug-likeness (QED) is 0.425. The normalized spacial score (nSPS) is 44.6. The van der Waals surface area contributed by atoms with Crippen LogP contribution in [-0.2, 0) is 0 Å². The van der Waals surface area contributed by atoms with Crippen molar-refractivity contribution in [2.24, 2.45) is 45.8 Å². The van der Waals surface area contributed by atoms with Gasteiger partial charge < -0.3 is 5.11 Å². The van der Waals surface area contributed by atoms with Crippen LogP contribution in [0.25, 0.3) is 0 Å². The highest BCUT2D eigenvalue weighted by atomic mass is 16.3. The van der Waals surface area contributed by atoms with E-state index in [1.165, 1.54) is 51.4 Å². The van der Waals surface area contributed by atoms with Gasteiger partial charge in [-0.15, -0.1) is 0 Å². The second-order valence-corrected chi connectivity index (χ2v) is 13.6. The number of rotatable bonds is 6. The molecule has 2 heteroatoms. The molecule has 32 heavy (non-hydrogen) atoms. The van der Waals surface area contributed by atoms with Gasteiger partial charge in [0.25, 0.3) is 0 Å². The number of hydrogen-bond acceptors (Lipinski definition) is 2. The van der Waals surface area contributed by atoms with Crippen molar-refractivity contribution in [2.45, 2.75) is 124 Å². The third-order valence-corrected chi connectivity index (χ3v) is 11.4. The second kappa shape index (κ2) is 8.45. The summed E-state index contributed by atoms with van der Waals surface area (Å²) in [4.78, 5) is 0. The Morgan fingerprint density at radius 2 is 1.91 bits per heavy atom. The van der Waals surface area contributed by atoms with E-state index in [1.54, 1.807) is 5.57 Å². The van der Waals surface area contributed by atoms with Crippen LogP contribution in [0.2, 0.25) is 0 Å². The lowest BCUT2D eigenvalue weighted by Crippen LogP contribution is -2.52. The van der Waals surface area contributed by atoms with Crippen LogP contribution in [-0.4, -0.2) is 10.7 Å². The van der Waals surface area contributed by atoms with E-state index in [-0.39, 0.29) is 5.41 Å². The van der Waals surface area contributed by atoms with Gasteiger partial charge in [0.1, 0.15) is 0 Å². The molecular formula is C30H49NO. The first-order valence-corrected chi connectivity index (χ1v) is 13.8. The lowest BCUT2D eigenvalue weighted by Gasteiger charge is -2.59. The molecule has 0 radical (unpaired) electrons. The highest BCUT2D eigenvalue weighted by Gasteiger charge is 2.59. The fourth-order valence-electron chi connectivity index (χ4n) is 9.11. The van der Waals surface area contributed by atoms with Crippen molar-refractivity contribution in [3.8, 4) is 6.07 Å². The Labute approximate surface area is 198 Å². The molecule has 0 heterocycles. The second-order valence-electron chi connectivity index (χ2n) is 13.6. The van der Waals surface area contributed by atoms with E-state index in [1.807, 2.05) is 0 Å². The summed E-state index contributed by atoms with van der Waals surface area (Å²) in [6, 6.07) is 2.48. The predicted molar refractivity (Wildman–Crippen MR) is 133 cm³/mol. The predicted octanol–water partition coefficient (Wildman–Crippen LogP) is 8.06. The van der Waals surface area contributed by atoms with Gasteiger partial charge >= 0.3 is 0 Å². The van der Waals surface area contributed by atoms with Gasteiger partial charge in [0.05, 0.1) is 17.1 Å². The van der Waals surface area contributed by atoms with Crippen molar-refractivity contribution in [2.75, 3.05) is 0 Å². The van der Waals surface area contributed by atoms with E-state index in [0.717, 1.165) is 55.3 Å². The van der Waals surface area contributed by atoms with Crippen LogP contribution in [0.4, 0.5) is 0 Å². The summed E-state index contributed by atoms with van der Waals surface area (Å²) in [6.45, 7) is 14.0. The molecule has 0 amide bonds. The van der Waals surface area contributed by atoms with Crippen molar-refractivity contribution in [3.63, 3.8) is 0 Å². The Bertz CT molecular complexity index is 776. The molecule has 180 valence electrons. The molecule has 8 atom stereocenters. The molecule has 4 aliphatic rings. The van der Waals surface area contributed by atoms with Crippen molar-refractivity contribution < 1.29 is 5.11 Å². The molecule has 2 nitrogen and oxygen atoms in total. The third kappa shape index (κ3) is 4.00. The van der Waals surface area contributed by atoms with E-state index in [2.05, 4.69) is 53.7 Å². The van der Waals surface area contributed by atoms with E-state index in [9.17, 15) is 10.4 Å². The van der Waals surface area contributed by atoms with Gasteiger partial charge in [-0.05, 0) is 118 Å². The minimum Gasteiger partial charge on any atom is -0.390 e. The van der Waals surface area contributed by atoms with Gasteiger partial charge in [0.15, 0.2) is 0 Å². The van der Waals surface area contributed by atoms with Crippen LogP contribution < -0.4 is 0 Å². The van der Waals surface area contributed by atoms with Crippen LogP contribution >= 0.6 is 0 Å². The zero-order chi connectivity index (χ0) is 23.4. The monoisotopic (exact) mass is 439 g/mol. The van der Waals surface area contributed by atoms with Crippen molar-refractivity contribution in [3.05, 3.63) is 11.6 Å². The summed E-state index contributed by atoms with van der Waals surface area (Å²) in [7, 11) is 0. The Hall–Kier alpha value is -0.810. The van der Waals surface area contributed by atoms with Crippen LogP contribution in [0.15, 0.2) is 11.6 Å². The molecule has 0 aromatic carbocycles. The summed E-state index contributed by atoms with van der Waals surface area (Å²) in [5, 5.41) is 20.3. The van der Waals surface area contributed by atoms with Gasteiger partial charge in [-0.25, -0.2) is 0 Å². The number of fused-ring (bicyclic) bond motifs is 5. The first-order valence-electron chi connectivity index (χ1n) is 13.8. The van der Waals surface area contributed by atoms with E-state index in [4.69, 9.17) is 0 Å². The highest BCUT2D eigenvalue weighted by Crippen LogP contribution is 2.67. The molecule has 0 aromatic rings. The maximum Gasteiger partial charge on any atom is 0.0683 e. The Balaban J connectivity index is 1.47. The van der Waals surface area contributed by atoms with Gasteiger partial charge in [-0.1, -0.05) is 52.2 Å². The molecular weight excluding hydrogens is 390 g/mol. The molecule has 0 bridgehead atoms. The van der Waals surface area contributed by atoms with E-state index in [0.29, 0.717) is 10.8 Å². The Morgan fingerprint density at radius 3 is 2.59 bits per heavy atom. The number of aliphatic hydroxyl groups is 1. The summed E-state index contributed by atoms with van der Waals surface area (Å²) in [5.41, 5.74) is 1.81. The minimum atomic E-state index is -0.449. The molecule has 0 spiro atoms. The molecule has 3 fully saturated rings. The van der Waals surface area contributed by atoms with Crippen molar-refractivity contribution >= 4 is 0 Å². The van der Waals surface area contributed by atoms with Crippen LogP contribution in [0.5, 0.6) is 0 Å². The fourth-order valence-corrected chi connectivity index (χ4v) is 9.11. The minimum absolute atomic E-state index is 0.175. The molecule has 4 rings (SSSR count). The molecule has 0 aliphatic heterocycles. The van der Waals surface area contributed by atoms with Crippen molar-refractivity contribution in [1.82, 2.24) is 0 Å². The average Bonchev–Trinajstić information content (AvgIpc) is 3.11. The summed E-state index contributed by atoms with van der Waals surface area (Å²) < 4.78 is 0. The smallest absolute Gasteiger partial charge is 0.0683 e.